The summed E-state index contributed by atoms with van der Waals surface area (Å²) in [5.74, 6) is 0.343. The first-order valence-electron chi connectivity index (χ1n) is 15.7. The number of sulfonamides is 2. The molecule has 16 heteroatoms. The molecular weight excluding hydrogens is 690 g/mol. The lowest BCUT2D eigenvalue weighted by molar-refractivity contribution is -0.146. The number of carbonyl (C=O) groups is 3. The molecule has 4 aliphatic carbocycles. The molecule has 47 heavy (non-hydrogen) atoms. The van der Waals surface area contributed by atoms with Gasteiger partial charge in [-0.1, -0.05) is 42.8 Å². The summed E-state index contributed by atoms with van der Waals surface area (Å²) in [6, 6.07) is 2.15. The molecule has 3 saturated carbocycles. The van der Waals surface area contributed by atoms with Gasteiger partial charge in [-0.2, -0.15) is 4.72 Å². The van der Waals surface area contributed by atoms with E-state index < -0.39 is 36.5 Å². The van der Waals surface area contributed by atoms with Crippen LogP contribution in [0, 0.1) is 28.6 Å². The van der Waals surface area contributed by atoms with E-state index in [4.69, 9.17) is 16.7 Å². The van der Waals surface area contributed by atoms with Crippen LogP contribution in [0.2, 0.25) is 5.02 Å². The van der Waals surface area contributed by atoms with Crippen molar-refractivity contribution in [3.63, 3.8) is 0 Å². The molecule has 0 bridgehead atoms. The van der Waals surface area contributed by atoms with Gasteiger partial charge >= 0.3 is 5.97 Å². The van der Waals surface area contributed by atoms with E-state index in [1.54, 1.807) is 6.92 Å². The van der Waals surface area contributed by atoms with Crippen LogP contribution in [0.15, 0.2) is 33.6 Å². The highest BCUT2D eigenvalue weighted by atomic mass is 35.5. The van der Waals surface area contributed by atoms with Gasteiger partial charge < -0.3 is 15.5 Å². The summed E-state index contributed by atoms with van der Waals surface area (Å²) < 4.78 is 47.9. The van der Waals surface area contributed by atoms with E-state index in [9.17, 15) is 41.4 Å². The Labute approximate surface area is 284 Å². The fourth-order valence-corrected chi connectivity index (χ4v) is 12.6. The van der Waals surface area contributed by atoms with Crippen molar-refractivity contribution in [3.05, 3.63) is 28.8 Å². The number of ketones is 1. The molecular formula is C31H42ClN3O9S3. The van der Waals surface area contributed by atoms with Crippen LogP contribution >= 0.6 is 23.4 Å². The second-order valence-corrected chi connectivity index (χ2v) is 19.0. The van der Waals surface area contributed by atoms with Gasteiger partial charge in [-0.15, -0.1) is 0 Å². The zero-order valence-corrected chi connectivity index (χ0v) is 29.8. The fraction of sp³-hybridized carbons (Fsp3) is 0.645. The van der Waals surface area contributed by atoms with Gasteiger partial charge in [-0.25, -0.2) is 22.0 Å². The summed E-state index contributed by atoms with van der Waals surface area (Å²) in [6.07, 6.45) is 7.76. The molecule has 0 radical (unpaired) electrons. The number of nitrogens with two attached hydrogens (primary N) is 1. The average molecular weight is 732 g/mol. The molecule has 1 heterocycles. The number of aliphatic hydroxyl groups is 1. The molecule has 1 aromatic rings. The molecule has 0 aromatic heterocycles. The normalized spacial score (nSPS) is 35.4. The van der Waals surface area contributed by atoms with E-state index in [0.717, 1.165) is 38.2 Å². The standard InChI is InChI=1S/C24H34O5S.C7H8ClN3O4S2/c1-14(25)30-19-13-15-12-16(26)4-8-22(15,2)17-5-9-23(3)18(21(17)19)6-10-24(23,29)11-7-20(27)28;8-4-1-5-7(2-6(4)16(9,12)13)17(14,15)11-3-10-5/h12,17-19,21,29H,4-11,13H2,1-3H3,(H,27,28);1-2,10-11H,3H2,(H2,9,12,13)/t17-,18-,19+,21?,22-,23-,24?;/m0./s1. The summed E-state index contributed by atoms with van der Waals surface area (Å²) in [7, 11) is -7.80. The number of hydrogen-bond acceptors (Lipinski definition) is 10. The molecule has 3 fully saturated rings. The molecule has 0 amide bonds. The summed E-state index contributed by atoms with van der Waals surface area (Å²) in [6.45, 7) is 6.11. The Balaban J connectivity index is 0.000000216. The minimum Gasteiger partial charge on any atom is -0.481 e. The topological polar surface area (TPSA) is 210 Å². The van der Waals surface area contributed by atoms with Crippen LogP contribution in [0.3, 0.4) is 0 Å². The quantitative estimate of drug-likeness (QED) is 0.292. The van der Waals surface area contributed by atoms with Crippen molar-refractivity contribution in [2.75, 3.05) is 12.0 Å². The van der Waals surface area contributed by atoms with Crippen LogP contribution in [0.5, 0.6) is 0 Å². The Morgan fingerprint density at radius 1 is 1.15 bits per heavy atom. The first kappa shape index (κ1) is 36.3. The van der Waals surface area contributed by atoms with Crippen LogP contribution < -0.4 is 15.2 Å². The second kappa shape index (κ2) is 12.7. The van der Waals surface area contributed by atoms with Crippen LogP contribution in [-0.4, -0.2) is 61.4 Å². The zero-order chi connectivity index (χ0) is 34.7. The number of rotatable bonds is 5. The summed E-state index contributed by atoms with van der Waals surface area (Å²) in [4.78, 5) is 34.9. The maximum Gasteiger partial charge on any atom is 0.303 e. The number of nitrogens with one attached hydrogen (secondary N) is 2. The van der Waals surface area contributed by atoms with Gasteiger partial charge in [0.15, 0.2) is 10.9 Å². The predicted octanol–water partition coefficient (Wildman–Crippen LogP) is 4.02. The lowest BCUT2D eigenvalue weighted by Gasteiger charge is -2.61. The summed E-state index contributed by atoms with van der Waals surface area (Å²) in [5, 5.41) is 28.6. The number of hydrogen-bond donors (Lipinski definition) is 5. The maximum absolute atomic E-state index is 12.2. The Hall–Kier alpha value is -2.01. The number of benzene rings is 1. The summed E-state index contributed by atoms with van der Waals surface area (Å²) >= 11 is 7.14. The maximum atomic E-state index is 12.2. The molecule has 5 aliphatic rings. The SMILES string of the molecule is CC(=O)S[C@@H]1CC2=CC(=O)CC[C@]2(C)[C@H]2CC[C@@]3(C)[C@@H](CCC3(O)CCC(=O)O)C12.NS(=O)(=O)c1cc2c(cc1Cl)NCNS2(=O)=O. The van der Waals surface area contributed by atoms with E-state index in [0.29, 0.717) is 31.1 Å². The van der Waals surface area contributed by atoms with Crippen LogP contribution in [0.4, 0.5) is 5.69 Å². The third kappa shape index (κ3) is 6.65. The third-order valence-electron chi connectivity index (χ3n) is 11.5. The van der Waals surface area contributed by atoms with Crippen molar-refractivity contribution < 1.29 is 41.4 Å². The highest BCUT2D eigenvalue weighted by Crippen LogP contribution is 2.69. The number of anilines is 1. The van der Waals surface area contributed by atoms with Gasteiger partial charge in [0.05, 0.1) is 23.0 Å². The molecule has 0 spiro atoms. The van der Waals surface area contributed by atoms with Crippen molar-refractivity contribution in [1.82, 2.24) is 4.72 Å². The monoisotopic (exact) mass is 731 g/mol. The Kier molecular flexibility index (Phi) is 9.81. The zero-order valence-electron chi connectivity index (χ0n) is 26.5. The molecule has 7 atom stereocenters. The third-order valence-corrected chi connectivity index (χ3v) is 15.5. The van der Waals surface area contributed by atoms with Gasteiger partial charge in [0, 0.05) is 25.0 Å². The molecule has 260 valence electrons. The van der Waals surface area contributed by atoms with Crippen molar-refractivity contribution in [2.24, 2.45) is 33.7 Å². The number of thioether (sulfide) groups is 1. The minimum atomic E-state index is -4.07. The number of aliphatic carboxylic acids is 1. The molecule has 6 N–H and O–H groups in total. The first-order valence-corrected chi connectivity index (χ1v) is 20.0. The number of halogens is 1. The van der Waals surface area contributed by atoms with Crippen LogP contribution in [-0.2, 0) is 34.4 Å². The van der Waals surface area contributed by atoms with Crippen LogP contribution in [0.1, 0.15) is 78.6 Å². The highest BCUT2D eigenvalue weighted by Gasteiger charge is 2.65. The van der Waals surface area contributed by atoms with Crippen molar-refractivity contribution in [1.29, 1.82) is 0 Å². The van der Waals surface area contributed by atoms with E-state index in [2.05, 4.69) is 23.9 Å². The number of fused-ring (bicyclic) bond motifs is 6. The van der Waals surface area contributed by atoms with E-state index in [-0.39, 0.29) is 61.6 Å². The summed E-state index contributed by atoms with van der Waals surface area (Å²) in [5.41, 5.74) is 0.186. The van der Waals surface area contributed by atoms with Gasteiger partial charge in [0.2, 0.25) is 20.0 Å². The van der Waals surface area contributed by atoms with Gasteiger partial charge in [0.25, 0.3) is 0 Å². The largest absolute Gasteiger partial charge is 0.481 e. The van der Waals surface area contributed by atoms with Crippen LogP contribution in [0.25, 0.3) is 0 Å². The van der Waals surface area contributed by atoms with Gasteiger partial charge in [-0.3, -0.25) is 14.4 Å². The van der Waals surface area contributed by atoms with E-state index in [1.165, 1.54) is 23.4 Å². The van der Waals surface area contributed by atoms with Gasteiger partial charge in [0.1, 0.15) is 9.79 Å². The van der Waals surface area contributed by atoms with Crippen molar-refractivity contribution >= 4 is 66.0 Å². The molecule has 12 nitrogen and oxygen atoms in total. The number of carboxylic acid groups (broad SMARTS) is 1. The predicted molar refractivity (Wildman–Crippen MR) is 178 cm³/mol. The Bertz CT molecular complexity index is 1750. The number of carbonyl (C=O) groups excluding carboxylic acids is 2. The Morgan fingerprint density at radius 3 is 2.47 bits per heavy atom. The first-order chi connectivity index (χ1) is 21.7. The molecule has 2 unspecified atom stereocenters. The Morgan fingerprint density at radius 2 is 1.83 bits per heavy atom. The number of allylic oxidation sites excluding steroid dienone is 1. The molecule has 1 aromatic carbocycles. The lowest BCUT2D eigenvalue weighted by atomic mass is 9.46. The number of primary sulfonamides is 1. The van der Waals surface area contributed by atoms with Crippen molar-refractivity contribution in [3.8, 4) is 0 Å². The average Bonchev–Trinajstić information content (AvgIpc) is 3.22. The molecule has 6 rings (SSSR count). The molecule has 1 aliphatic heterocycles. The highest BCUT2D eigenvalue weighted by molar-refractivity contribution is 8.14. The van der Waals surface area contributed by atoms with Crippen molar-refractivity contribution in [2.45, 2.75) is 99.2 Å². The minimum absolute atomic E-state index is 0.00444. The van der Waals surface area contributed by atoms with Gasteiger partial charge in [-0.05, 0) is 91.7 Å². The smallest absolute Gasteiger partial charge is 0.303 e. The van der Waals surface area contributed by atoms with E-state index in [1.807, 2.05) is 6.08 Å². The lowest BCUT2D eigenvalue weighted by Crippen LogP contribution is -2.58. The second-order valence-electron chi connectivity index (χ2n) is 13.9. The fourth-order valence-electron chi connectivity index (χ4n) is 9.09. The number of carboxylic acids is 1. The van der Waals surface area contributed by atoms with E-state index >= 15 is 0 Å². The molecule has 0 saturated heterocycles.